The molecule has 0 fully saturated rings. The Kier molecular flexibility index (Phi) is 3.30. The van der Waals surface area contributed by atoms with Gasteiger partial charge in [0, 0.05) is 0 Å². The summed E-state index contributed by atoms with van der Waals surface area (Å²) >= 11 is 0. The van der Waals surface area contributed by atoms with Crippen molar-refractivity contribution in [2.45, 2.75) is 20.3 Å². The highest BCUT2D eigenvalue weighted by molar-refractivity contribution is 5.26. The van der Waals surface area contributed by atoms with Crippen LogP contribution in [0.2, 0.25) is 0 Å². The molecule has 0 spiro atoms. The predicted octanol–water partition coefficient (Wildman–Crippen LogP) is 2.77. The highest BCUT2D eigenvalue weighted by atomic mass is 16.3. The molecule has 0 heterocycles. The second-order valence-corrected chi connectivity index (χ2v) is 3.47. The summed E-state index contributed by atoms with van der Waals surface area (Å²) in [6, 6.07) is 7.97. The first-order valence-corrected chi connectivity index (χ1v) is 4.28. The van der Waals surface area contributed by atoms with Crippen molar-refractivity contribution in [3.05, 3.63) is 42.0 Å². The third-order valence-electron chi connectivity index (χ3n) is 1.74. The molecule has 0 unspecified atom stereocenters. The maximum Gasteiger partial charge on any atom is 0.109 e. The first kappa shape index (κ1) is 9.27. The molecule has 0 amide bonds. The Bertz CT molecular complexity index is 241. The van der Waals surface area contributed by atoms with Gasteiger partial charge >= 0.3 is 0 Å². The zero-order chi connectivity index (χ0) is 8.97. The molecule has 0 saturated heterocycles. The quantitative estimate of drug-likeness (QED) is 0.726. The molecule has 1 heteroatoms. The van der Waals surface area contributed by atoms with Gasteiger partial charge in [-0.25, -0.2) is 0 Å². The van der Waals surface area contributed by atoms with Gasteiger partial charge in [-0.2, -0.15) is 0 Å². The van der Waals surface area contributed by atoms with Crippen LogP contribution in [0.25, 0.3) is 0 Å². The van der Waals surface area contributed by atoms with Crippen molar-refractivity contribution in [1.29, 1.82) is 0 Å². The van der Waals surface area contributed by atoms with Crippen LogP contribution in [0.5, 0.6) is 0 Å². The van der Waals surface area contributed by atoms with E-state index in [-0.39, 0.29) is 0 Å². The van der Waals surface area contributed by atoms with Crippen molar-refractivity contribution in [3.8, 4) is 0 Å². The fraction of sp³-hybridized carbons (Fsp3) is 0.364. The van der Waals surface area contributed by atoms with E-state index in [0.717, 1.165) is 18.6 Å². The lowest BCUT2D eigenvalue weighted by molar-refractivity contribution is 0.414. The highest BCUT2D eigenvalue weighted by Gasteiger charge is 1.98. The van der Waals surface area contributed by atoms with Gasteiger partial charge in [0.15, 0.2) is 0 Å². The molecule has 0 aliphatic rings. The minimum atomic E-state index is 0.666. The number of benzene rings is 1. The molecule has 0 aliphatic carbocycles. The van der Waals surface area contributed by atoms with Crippen LogP contribution >= 0.6 is 0 Å². The second-order valence-electron chi connectivity index (χ2n) is 3.47. The van der Waals surface area contributed by atoms with Crippen molar-refractivity contribution >= 4 is 0 Å². The zero-order valence-electron chi connectivity index (χ0n) is 7.62. The maximum atomic E-state index is 8.77. The molecule has 1 N–H and O–H groups in total. The molecule has 0 saturated carbocycles. The molecular formula is C11H15O. The van der Waals surface area contributed by atoms with E-state index in [2.05, 4.69) is 19.9 Å². The average molecular weight is 163 g/mol. The minimum Gasteiger partial charge on any atom is -0.385 e. The normalized spacial score (nSPS) is 10.7. The third-order valence-corrected chi connectivity index (χ3v) is 1.74. The van der Waals surface area contributed by atoms with Crippen molar-refractivity contribution in [2.24, 2.45) is 5.92 Å². The Labute approximate surface area is 74.1 Å². The average Bonchev–Trinajstić information content (AvgIpc) is 2.03. The molecule has 0 bridgehead atoms. The first-order chi connectivity index (χ1) is 5.72. The van der Waals surface area contributed by atoms with Crippen LogP contribution in [0.1, 0.15) is 25.0 Å². The van der Waals surface area contributed by atoms with Crippen LogP contribution in [-0.2, 0) is 6.42 Å². The minimum absolute atomic E-state index is 0.666. The molecular weight excluding hydrogens is 148 g/mol. The SMILES string of the molecule is CC(C)Cc1cccc([CH]O)c1. The van der Waals surface area contributed by atoms with Gasteiger partial charge in [0.05, 0.1) is 0 Å². The molecule has 1 aromatic carbocycles. The summed E-state index contributed by atoms with van der Waals surface area (Å²) in [7, 11) is 0. The summed E-state index contributed by atoms with van der Waals surface area (Å²) in [5, 5.41) is 8.77. The maximum absolute atomic E-state index is 8.77. The number of hydrogen-bond donors (Lipinski definition) is 1. The molecule has 0 aromatic heterocycles. The van der Waals surface area contributed by atoms with Gasteiger partial charge in [0.1, 0.15) is 6.61 Å². The Morgan fingerprint density at radius 3 is 2.75 bits per heavy atom. The van der Waals surface area contributed by atoms with E-state index in [0.29, 0.717) is 5.92 Å². The van der Waals surface area contributed by atoms with Crippen LogP contribution in [0.4, 0.5) is 0 Å². The Morgan fingerprint density at radius 2 is 2.17 bits per heavy atom. The summed E-state index contributed by atoms with van der Waals surface area (Å²) in [4.78, 5) is 0. The van der Waals surface area contributed by atoms with Crippen molar-refractivity contribution in [2.75, 3.05) is 0 Å². The molecule has 1 rings (SSSR count). The molecule has 1 radical (unpaired) electrons. The van der Waals surface area contributed by atoms with Gasteiger partial charge in [-0.05, 0) is 23.5 Å². The molecule has 0 aliphatic heterocycles. The Hall–Kier alpha value is -0.820. The highest BCUT2D eigenvalue weighted by Crippen LogP contribution is 2.10. The standard InChI is InChI=1S/C11H15O/c1-9(2)6-10-4-3-5-11(7-10)8-12/h3-5,7-9,12H,6H2,1-2H3. The second kappa shape index (κ2) is 4.27. The van der Waals surface area contributed by atoms with Gasteiger partial charge in [-0.3, -0.25) is 0 Å². The number of aliphatic hydroxyl groups excluding tert-OH is 1. The predicted molar refractivity (Wildman–Crippen MR) is 50.3 cm³/mol. The fourth-order valence-corrected chi connectivity index (χ4v) is 1.27. The van der Waals surface area contributed by atoms with Gasteiger partial charge in [0.25, 0.3) is 0 Å². The first-order valence-electron chi connectivity index (χ1n) is 4.28. The molecule has 1 aromatic rings. The van der Waals surface area contributed by atoms with E-state index in [1.54, 1.807) is 0 Å². The molecule has 65 valence electrons. The smallest absolute Gasteiger partial charge is 0.109 e. The van der Waals surface area contributed by atoms with Crippen molar-refractivity contribution < 1.29 is 5.11 Å². The van der Waals surface area contributed by atoms with E-state index in [1.807, 2.05) is 18.2 Å². The fourth-order valence-electron chi connectivity index (χ4n) is 1.27. The summed E-state index contributed by atoms with van der Waals surface area (Å²) in [6.07, 6.45) is 1.07. The van der Waals surface area contributed by atoms with Gasteiger partial charge < -0.3 is 5.11 Å². The molecule has 12 heavy (non-hydrogen) atoms. The lowest BCUT2D eigenvalue weighted by atomic mass is 10.0. The monoisotopic (exact) mass is 163 g/mol. The van der Waals surface area contributed by atoms with E-state index >= 15 is 0 Å². The number of rotatable bonds is 3. The van der Waals surface area contributed by atoms with E-state index < -0.39 is 0 Å². The zero-order valence-corrected chi connectivity index (χ0v) is 7.62. The summed E-state index contributed by atoms with van der Waals surface area (Å²) in [5.41, 5.74) is 2.17. The lowest BCUT2D eigenvalue weighted by Crippen LogP contribution is -1.94. The molecule has 0 atom stereocenters. The number of hydrogen-bond acceptors (Lipinski definition) is 1. The Morgan fingerprint density at radius 1 is 1.42 bits per heavy atom. The van der Waals surface area contributed by atoms with Crippen LogP contribution in [-0.4, -0.2) is 5.11 Å². The van der Waals surface area contributed by atoms with Gasteiger partial charge in [-0.1, -0.05) is 38.1 Å². The van der Waals surface area contributed by atoms with Crippen molar-refractivity contribution in [1.82, 2.24) is 0 Å². The van der Waals surface area contributed by atoms with Crippen LogP contribution in [0.15, 0.2) is 24.3 Å². The summed E-state index contributed by atoms with van der Waals surface area (Å²) < 4.78 is 0. The van der Waals surface area contributed by atoms with Crippen LogP contribution < -0.4 is 0 Å². The van der Waals surface area contributed by atoms with E-state index in [4.69, 9.17) is 5.11 Å². The van der Waals surface area contributed by atoms with Crippen LogP contribution in [0, 0.1) is 12.5 Å². The largest absolute Gasteiger partial charge is 0.385 e. The van der Waals surface area contributed by atoms with Gasteiger partial charge in [-0.15, -0.1) is 0 Å². The number of aliphatic hydroxyl groups is 1. The topological polar surface area (TPSA) is 20.2 Å². The lowest BCUT2D eigenvalue weighted by Gasteiger charge is -2.05. The molecule has 1 nitrogen and oxygen atoms in total. The summed E-state index contributed by atoms with van der Waals surface area (Å²) in [5.74, 6) is 0.666. The van der Waals surface area contributed by atoms with E-state index in [9.17, 15) is 0 Å². The van der Waals surface area contributed by atoms with Crippen LogP contribution in [0.3, 0.4) is 0 Å². The van der Waals surface area contributed by atoms with E-state index in [1.165, 1.54) is 5.56 Å². The van der Waals surface area contributed by atoms with Gasteiger partial charge in [0.2, 0.25) is 0 Å². The summed E-state index contributed by atoms with van der Waals surface area (Å²) in [6.45, 7) is 5.52. The van der Waals surface area contributed by atoms with Crippen molar-refractivity contribution in [3.63, 3.8) is 0 Å². The Balaban J connectivity index is 2.72. The third kappa shape index (κ3) is 2.67.